The summed E-state index contributed by atoms with van der Waals surface area (Å²) >= 11 is 0. The van der Waals surface area contributed by atoms with Gasteiger partial charge in [0.2, 0.25) is 0 Å². The van der Waals surface area contributed by atoms with Crippen LogP contribution in [0.15, 0.2) is 0 Å². The fourth-order valence-electron chi connectivity index (χ4n) is 1.51. The van der Waals surface area contributed by atoms with E-state index in [-0.39, 0.29) is 38.4 Å². The third kappa shape index (κ3) is 8.18. The van der Waals surface area contributed by atoms with Crippen molar-refractivity contribution in [3.05, 3.63) is 0 Å². The maximum absolute atomic E-state index is 11.7. The molecule has 0 heterocycles. The van der Waals surface area contributed by atoms with Gasteiger partial charge in [0.15, 0.2) is 0 Å². The summed E-state index contributed by atoms with van der Waals surface area (Å²) in [6.45, 7) is 5.87. The van der Waals surface area contributed by atoms with Crippen molar-refractivity contribution in [1.29, 1.82) is 0 Å². The van der Waals surface area contributed by atoms with Crippen molar-refractivity contribution < 1.29 is 28.6 Å². The van der Waals surface area contributed by atoms with Gasteiger partial charge >= 0.3 is 17.9 Å². The summed E-state index contributed by atoms with van der Waals surface area (Å²) < 4.78 is 14.4. The average Bonchev–Trinajstić information content (AvgIpc) is 2.35. The molecule has 0 amide bonds. The molecule has 0 aromatic carbocycles. The summed E-state index contributed by atoms with van der Waals surface area (Å²) in [4.78, 5) is 34.3. The molecule has 19 heavy (non-hydrogen) atoms. The van der Waals surface area contributed by atoms with Crippen molar-refractivity contribution in [2.24, 2.45) is 5.92 Å². The molecule has 0 unspecified atom stereocenters. The second-order valence-corrected chi connectivity index (χ2v) is 3.80. The summed E-state index contributed by atoms with van der Waals surface area (Å²) in [7, 11) is 0. The SMILES string of the molecule is CCOC(=O)CC[C@H](CC(=O)OCC)C(=O)OCC. The lowest BCUT2D eigenvalue weighted by molar-refractivity contribution is -0.155. The summed E-state index contributed by atoms with van der Waals surface area (Å²) in [6, 6.07) is 0. The largest absolute Gasteiger partial charge is 0.466 e. The van der Waals surface area contributed by atoms with Gasteiger partial charge in [-0.2, -0.15) is 0 Å². The van der Waals surface area contributed by atoms with Gasteiger partial charge in [0, 0.05) is 6.42 Å². The molecule has 0 spiro atoms. The topological polar surface area (TPSA) is 78.9 Å². The van der Waals surface area contributed by atoms with Crippen LogP contribution in [0.4, 0.5) is 0 Å². The first-order chi connectivity index (χ1) is 9.04. The van der Waals surface area contributed by atoms with E-state index in [4.69, 9.17) is 14.2 Å². The molecule has 1 atom stereocenters. The molecule has 0 radical (unpaired) electrons. The van der Waals surface area contributed by atoms with E-state index in [2.05, 4.69) is 0 Å². The molecule has 0 fully saturated rings. The van der Waals surface area contributed by atoms with E-state index < -0.39 is 17.9 Å². The van der Waals surface area contributed by atoms with Gasteiger partial charge in [0.25, 0.3) is 0 Å². The van der Waals surface area contributed by atoms with E-state index in [9.17, 15) is 14.4 Å². The number of carbonyl (C=O) groups excluding carboxylic acids is 3. The van der Waals surface area contributed by atoms with Gasteiger partial charge in [-0.1, -0.05) is 0 Å². The molecule has 6 heteroatoms. The second-order valence-electron chi connectivity index (χ2n) is 3.80. The normalized spacial score (nSPS) is 11.5. The van der Waals surface area contributed by atoms with Crippen molar-refractivity contribution in [3.63, 3.8) is 0 Å². The molecule has 6 nitrogen and oxygen atoms in total. The minimum absolute atomic E-state index is 0.0773. The van der Waals surface area contributed by atoms with E-state index in [0.29, 0.717) is 6.61 Å². The molecule has 0 aliphatic heterocycles. The summed E-state index contributed by atoms with van der Waals surface area (Å²) in [5.41, 5.74) is 0. The van der Waals surface area contributed by atoms with Crippen LogP contribution in [0.25, 0.3) is 0 Å². The molecule has 0 aliphatic carbocycles. The average molecular weight is 274 g/mol. The Morgan fingerprint density at radius 1 is 0.842 bits per heavy atom. The number of ether oxygens (including phenoxy) is 3. The van der Waals surface area contributed by atoms with E-state index in [1.54, 1.807) is 20.8 Å². The van der Waals surface area contributed by atoms with Crippen LogP contribution in [0.1, 0.15) is 40.0 Å². The van der Waals surface area contributed by atoms with Crippen molar-refractivity contribution in [1.82, 2.24) is 0 Å². The zero-order valence-electron chi connectivity index (χ0n) is 11.8. The lowest BCUT2D eigenvalue weighted by Gasteiger charge is -2.14. The summed E-state index contributed by atoms with van der Waals surface area (Å²) in [5, 5.41) is 0. The zero-order valence-corrected chi connectivity index (χ0v) is 11.8. The molecule has 0 aliphatic rings. The van der Waals surface area contributed by atoms with Crippen LogP contribution in [-0.4, -0.2) is 37.7 Å². The third-order valence-corrected chi connectivity index (χ3v) is 2.34. The molecule has 0 aromatic heterocycles. The molecule has 0 aromatic rings. The number of esters is 3. The van der Waals surface area contributed by atoms with E-state index in [0.717, 1.165) is 0 Å². The first-order valence-electron chi connectivity index (χ1n) is 6.52. The number of hydrogen-bond donors (Lipinski definition) is 0. The third-order valence-electron chi connectivity index (χ3n) is 2.34. The van der Waals surface area contributed by atoms with Crippen LogP contribution in [0.5, 0.6) is 0 Å². The minimum atomic E-state index is -0.664. The fourth-order valence-corrected chi connectivity index (χ4v) is 1.51. The Labute approximate surface area is 113 Å². The Morgan fingerprint density at radius 2 is 1.37 bits per heavy atom. The Balaban J connectivity index is 4.37. The van der Waals surface area contributed by atoms with Crippen LogP contribution >= 0.6 is 0 Å². The second kappa shape index (κ2) is 10.3. The zero-order chi connectivity index (χ0) is 14.7. The summed E-state index contributed by atoms with van der Waals surface area (Å²) in [6.07, 6.45) is 0.222. The summed E-state index contributed by atoms with van der Waals surface area (Å²) in [5.74, 6) is -2.01. The van der Waals surface area contributed by atoms with Crippen LogP contribution in [-0.2, 0) is 28.6 Å². The van der Waals surface area contributed by atoms with E-state index >= 15 is 0 Å². The molecule has 0 saturated heterocycles. The molecular formula is C13H22O6. The van der Waals surface area contributed by atoms with E-state index in [1.165, 1.54) is 0 Å². The molecule has 0 saturated carbocycles. The van der Waals surface area contributed by atoms with Gasteiger partial charge < -0.3 is 14.2 Å². The highest BCUT2D eigenvalue weighted by molar-refractivity contribution is 5.80. The van der Waals surface area contributed by atoms with Gasteiger partial charge in [-0.25, -0.2) is 0 Å². The maximum Gasteiger partial charge on any atom is 0.309 e. The Hall–Kier alpha value is -1.59. The molecule has 0 rings (SSSR count). The van der Waals surface area contributed by atoms with Crippen molar-refractivity contribution in [2.75, 3.05) is 19.8 Å². The van der Waals surface area contributed by atoms with Crippen LogP contribution in [0.3, 0.4) is 0 Å². The lowest BCUT2D eigenvalue weighted by Crippen LogP contribution is -2.23. The smallest absolute Gasteiger partial charge is 0.309 e. The van der Waals surface area contributed by atoms with Crippen molar-refractivity contribution >= 4 is 17.9 Å². The molecule has 0 bridgehead atoms. The monoisotopic (exact) mass is 274 g/mol. The van der Waals surface area contributed by atoms with Gasteiger partial charge in [-0.15, -0.1) is 0 Å². The highest BCUT2D eigenvalue weighted by Gasteiger charge is 2.24. The van der Waals surface area contributed by atoms with Crippen LogP contribution in [0, 0.1) is 5.92 Å². The van der Waals surface area contributed by atoms with E-state index in [1.807, 2.05) is 0 Å². The quantitative estimate of drug-likeness (QED) is 0.468. The number of hydrogen-bond acceptors (Lipinski definition) is 6. The number of rotatable bonds is 9. The molecular weight excluding hydrogens is 252 g/mol. The fraction of sp³-hybridized carbons (Fsp3) is 0.769. The standard InChI is InChI=1S/C13H22O6/c1-4-17-11(14)8-7-10(13(16)19-6-3)9-12(15)18-5-2/h10H,4-9H2,1-3H3/t10-/m1/s1. The Morgan fingerprint density at radius 3 is 1.89 bits per heavy atom. The predicted octanol–water partition coefficient (Wildman–Crippen LogP) is 1.46. The molecule has 110 valence electrons. The Bertz CT molecular complexity index is 300. The first kappa shape index (κ1) is 17.4. The first-order valence-corrected chi connectivity index (χ1v) is 6.52. The van der Waals surface area contributed by atoms with Gasteiger partial charge in [0.1, 0.15) is 0 Å². The predicted molar refractivity (Wildman–Crippen MR) is 67.2 cm³/mol. The van der Waals surface area contributed by atoms with Crippen LogP contribution < -0.4 is 0 Å². The van der Waals surface area contributed by atoms with Crippen molar-refractivity contribution in [3.8, 4) is 0 Å². The van der Waals surface area contributed by atoms with Gasteiger partial charge in [-0.05, 0) is 27.2 Å². The van der Waals surface area contributed by atoms with Gasteiger partial charge in [0.05, 0.1) is 32.2 Å². The highest BCUT2D eigenvalue weighted by Crippen LogP contribution is 2.15. The lowest BCUT2D eigenvalue weighted by atomic mass is 9.99. The Kier molecular flexibility index (Phi) is 9.48. The van der Waals surface area contributed by atoms with Crippen molar-refractivity contribution in [2.45, 2.75) is 40.0 Å². The highest BCUT2D eigenvalue weighted by atomic mass is 16.5. The maximum atomic E-state index is 11.7. The number of carbonyl (C=O) groups is 3. The molecule has 0 N–H and O–H groups in total. The minimum Gasteiger partial charge on any atom is -0.466 e. The van der Waals surface area contributed by atoms with Crippen LogP contribution in [0.2, 0.25) is 0 Å². The van der Waals surface area contributed by atoms with Gasteiger partial charge in [-0.3, -0.25) is 14.4 Å².